The first-order chi connectivity index (χ1) is 13.0. The number of thioether (sulfide) groups is 1. The van der Waals surface area contributed by atoms with Gasteiger partial charge in [-0.05, 0) is 19.1 Å². The van der Waals surface area contributed by atoms with Crippen LogP contribution >= 0.6 is 11.8 Å². The van der Waals surface area contributed by atoms with E-state index in [1.165, 1.54) is 11.8 Å². The quantitative estimate of drug-likeness (QED) is 0.504. The average molecular weight is 380 g/mol. The second-order valence-corrected chi connectivity index (χ2v) is 7.03. The van der Waals surface area contributed by atoms with Crippen LogP contribution in [0.4, 0.5) is 0 Å². The Morgan fingerprint density at radius 2 is 1.70 bits per heavy atom. The fourth-order valence-electron chi connectivity index (χ4n) is 2.43. The van der Waals surface area contributed by atoms with Gasteiger partial charge >= 0.3 is 0 Å². The van der Waals surface area contributed by atoms with Crippen LogP contribution in [0.1, 0.15) is 32.1 Å². The molecule has 7 heteroatoms. The number of nitrogens with one attached hydrogen (secondary N) is 1. The van der Waals surface area contributed by atoms with E-state index >= 15 is 0 Å². The zero-order valence-electron chi connectivity index (χ0n) is 15.2. The highest BCUT2D eigenvalue weighted by atomic mass is 32.2. The van der Waals surface area contributed by atoms with Crippen molar-refractivity contribution in [1.82, 2.24) is 20.1 Å². The van der Waals surface area contributed by atoms with E-state index in [1.807, 2.05) is 44.3 Å². The van der Waals surface area contributed by atoms with E-state index in [2.05, 4.69) is 15.5 Å². The van der Waals surface area contributed by atoms with Crippen molar-refractivity contribution in [3.8, 4) is 0 Å². The van der Waals surface area contributed by atoms with Crippen LogP contribution in [0.15, 0.2) is 59.8 Å². The van der Waals surface area contributed by atoms with Crippen molar-refractivity contribution in [3.05, 3.63) is 77.1 Å². The second kappa shape index (κ2) is 8.64. The summed E-state index contributed by atoms with van der Waals surface area (Å²) in [6.45, 7) is 2.24. The lowest BCUT2D eigenvalue weighted by Crippen LogP contribution is -2.24. The minimum atomic E-state index is -0.161. The van der Waals surface area contributed by atoms with Gasteiger partial charge in [-0.3, -0.25) is 9.59 Å². The maximum atomic E-state index is 12.2. The van der Waals surface area contributed by atoms with E-state index in [0.29, 0.717) is 22.1 Å². The van der Waals surface area contributed by atoms with Gasteiger partial charge in [0.1, 0.15) is 0 Å². The summed E-state index contributed by atoms with van der Waals surface area (Å²) in [6.07, 6.45) is 0. The molecule has 6 nitrogen and oxygen atoms in total. The number of carbonyl (C=O) groups excluding carboxylic acids is 2. The number of hydrogen-bond acceptors (Lipinski definition) is 5. The molecule has 0 saturated heterocycles. The van der Waals surface area contributed by atoms with Crippen molar-refractivity contribution in [2.24, 2.45) is 7.05 Å². The number of aromatic nitrogens is 3. The molecule has 3 rings (SSSR count). The van der Waals surface area contributed by atoms with Crippen molar-refractivity contribution in [2.75, 3.05) is 5.75 Å². The molecule has 0 radical (unpaired) electrons. The fraction of sp³-hybridized carbons (Fsp3) is 0.200. The first kappa shape index (κ1) is 18.8. The number of hydrogen-bond donors (Lipinski definition) is 1. The van der Waals surface area contributed by atoms with Gasteiger partial charge in [0, 0.05) is 18.2 Å². The molecule has 0 spiro atoms. The Hall–Kier alpha value is -2.93. The van der Waals surface area contributed by atoms with Crippen LogP contribution in [0.25, 0.3) is 0 Å². The Labute approximate surface area is 162 Å². The number of rotatable bonds is 7. The molecular weight excluding hydrogens is 360 g/mol. The third-order valence-electron chi connectivity index (χ3n) is 4.07. The minimum absolute atomic E-state index is 0.0397. The van der Waals surface area contributed by atoms with Gasteiger partial charge in [-0.2, -0.15) is 0 Å². The number of aryl methyl sites for hydroxylation is 1. The number of amides is 1. The molecule has 2 aromatic carbocycles. The molecule has 0 fully saturated rings. The molecule has 0 aliphatic rings. The Balaban J connectivity index is 1.56. The van der Waals surface area contributed by atoms with E-state index < -0.39 is 0 Å². The van der Waals surface area contributed by atoms with Gasteiger partial charge < -0.3 is 9.88 Å². The van der Waals surface area contributed by atoms with Gasteiger partial charge in [0.25, 0.3) is 5.91 Å². The molecule has 1 aromatic heterocycles. The van der Waals surface area contributed by atoms with Crippen molar-refractivity contribution in [2.45, 2.75) is 18.6 Å². The summed E-state index contributed by atoms with van der Waals surface area (Å²) in [5.41, 5.74) is 2.38. The molecule has 1 heterocycles. The second-order valence-electron chi connectivity index (χ2n) is 6.08. The van der Waals surface area contributed by atoms with Gasteiger partial charge in [-0.15, -0.1) is 10.2 Å². The SMILES string of the molecule is Cc1ccc(C(=O)NCc2nnc(SCC(=O)c3ccccc3)n2C)cc1. The Kier molecular flexibility index (Phi) is 6.03. The third kappa shape index (κ3) is 4.83. The lowest BCUT2D eigenvalue weighted by atomic mass is 10.1. The van der Waals surface area contributed by atoms with Crippen LogP contribution in [0.3, 0.4) is 0 Å². The van der Waals surface area contributed by atoms with Crippen LogP contribution in [-0.4, -0.2) is 32.2 Å². The summed E-state index contributed by atoms with van der Waals surface area (Å²) in [6, 6.07) is 16.5. The Morgan fingerprint density at radius 1 is 1.00 bits per heavy atom. The van der Waals surface area contributed by atoms with E-state index in [1.54, 1.807) is 28.8 Å². The number of ketones is 1. The zero-order valence-corrected chi connectivity index (χ0v) is 16.0. The predicted molar refractivity (Wildman–Crippen MR) is 105 cm³/mol. The number of nitrogens with zero attached hydrogens (tertiary/aromatic N) is 3. The van der Waals surface area contributed by atoms with Gasteiger partial charge in [0.2, 0.25) is 0 Å². The van der Waals surface area contributed by atoms with E-state index in [9.17, 15) is 9.59 Å². The monoisotopic (exact) mass is 380 g/mol. The molecule has 27 heavy (non-hydrogen) atoms. The molecule has 0 bridgehead atoms. The van der Waals surface area contributed by atoms with E-state index in [0.717, 1.165) is 5.56 Å². The van der Waals surface area contributed by atoms with E-state index in [4.69, 9.17) is 0 Å². The van der Waals surface area contributed by atoms with Crippen LogP contribution < -0.4 is 5.32 Å². The zero-order chi connectivity index (χ0) is 19.2. The van der Waals surface area contributed by atoms with Crippen LogP contribution in [0, 0.1) is 6.92 Å². The number of Topliss-reactive ketones (excluding diaryl/α,β-unsaturated/α-hetero) is 1. The first-order valence-electron chi connectivity index (χ1n) is 8.49. The highest BCUT2D eigenvalue weighted by Gasteiger charge is 2.13. The summed E-state index contributed by atoms with van der Waals surface area (Å²) < 4.78 is 1.79. The normalized spacial score (nSPS) is 10.6. The number of carbonyl (C=O) groups is 2. The largest absolute Gasteiger partial charge is 0.345 e. The number of benzene rings is 2. The minimum Gasteiger partial charge on any atom is -0.345 e. The molecular formula is C20H20N4O2S. The summed E-state index contributed by atoms with van der Waals surface area (Å²) in [4.78, 5) is 24.4. The van der Waals surface area contributed by atoms with Crippen molar-refractivity contribution >= 4 is 23.5 Å². The van der Waals surface area contributed by atoms with Gasteiger partial charge in [-0.25, -0.2) is 0 Å². The van der Waals surface area contributed by atoms with Crippen molar-refractivity contribution in [1.29, 1.82) is 0 Å². The molecule has 0 aliphatic carbocycles. The Morgan fingerprint density at radius 3 is 2.41 bits per heavy atom. The van der Waals surface area contributed by atoms with Crippen molar-refractivity contribution < 1.29 is 9.59 Å². The van der Waals surface area contributed by atoms with Crippen LogP contribution in [0.5, 0.6) is 0 Å². The van der Waals surface area contributed by atoms with Gasteiger partial charge in [0.05, 0.1) is 12.3 Å². The molecule has 0 aliphatic heterocycles. The average Bonchev–Trinajstić information content (AvgIpc) is 3.05. The summed E-state index contributed by atoms with van der Waals surface area (Å²) in [7, 11) is 1.82. The molecule has 1 amide bonds. The highest BCUT2D eigenvalue weighted by Crippen LogP contribution is 2.17. The molecule has 0 unspecified atom stereocenters. The van der Waals surface area contributed by atoms with Crippen LogP contribution in [0.2, 0.25) is 0 Å². The first-order valence-corrected chi connectivity index (χ1v) is 9.47. The Bertz CT molecular complexity index is 936. The molecule has 1 N–H and O–H groups in total. The maximum Gasteiger partial charge on any atom is 0.251 e. The van der Waals surface area contributed by atoms with Gasteiger partial charge in [-0.1, -0.05) is 59.8 Å². The van der Waals surface area contributed by atoms with Crippen LogP contribution in [-0.2, 0) is 13.6 Å². The topological polar surface area (TPSA) is 76.9 Å². The maximum absolute atomic E-state index is 12.2. The summed E-state index contributed by atoms with van der Waals surface area (Å²) in [5.74, 6) is 0.792. The molecule has 0 atom stereocenters. The lowest BCUT2D eigenvalue weighted by molar-refractivity contribution is 0.0948. The smallest absolute Gasteiger partial charge is 0.251 e. The summed E-state index contributed by atoms with van der Waals surface area (Å²) in [5, 5.41) is 11.7. The molecule has 138 valence electrons. The summed E-state index contributed by atoms with van der Waals surface area (Å²) >= 11 is 1.33. The van der Waals surface area contributed by atoms with Gasteiger partial charge in [0.15, 0.2) is 16.8 Å². The predicted octanol–water partition coefficient (Wildman–Crippen LogP) is 3.03. The lowest BCUT2D eigenvalue weighted by Gasteiger charge is -2.06. The molecule has 3 aromatic rings. The standard InChI is InChI=1S/C20H20N4O2S/c1-14-8-10-16(11-9-14)19(26)21-12-18-22-23-20(24(18)2)27-13-17(25)15-6-4-3-5-7-15/h3-11H,12-13H2,1-2H3,(H,21,26). The van der Waals surface area contributed by atoms with E-state index in [-0.39, 0.29) is 24.0 Å². The molecule has 0 saturated carbocycles. The highest BCUT2D eigenvalue weighted by molar-refractivity contribution is 7.99. The van der Waals surface area contributed by atoms with Crippen molar-refractivity contribution in [3.63, 3.8) is 0 Å². The fourth-order valence-corrected chi connectivity index (χ4v) is 3.25. The third-order valence-corrected chi connectivity index (χ3v) is 5.09.